The van der Waals surface area contributed by atoms with Crippen molar-refractivity contribution in [2.45, 2.75) is 64.3 Å². The van der Waals surface area contributed by atoms with Crippen molar-refractivity contribution in [3.8, 4) is 0 Å². The summed E-state index contributed by atoms with van der Waals surface area (Å²) in [6.07, 6.45) is 6.18. The molecule has 6 nitrogen and oxygen atoms in total. The van der Waals surface area contributed by atoms with E-state index in [4.69, 9.17) is 10.5 Å². The lowest BCUT2D eigenvalue weighted by molar-refractivity contribution is -0.122. The van der Waals surface area contributed by atoms with Gasteiger partial charge in [-0.1, -0.05) is 6.07 Å². The topological polar surface area (TPSA) is 80.5 Å². The summed E-state index contributed by atoms with van der Waals surface area (Å²) in [5.74, 6) is 0.864. The fourth-order valence-corrected chi connectivity index (χ4v) is 4.06. The van der Waals surface area contributed by atoms with Crippen LogP contribution in [-0.2, 0) is 16.1 Å². The number of piperidine rings is 1. The summed E-state index contributed by atoms with van der Waals surface area (Å²) in [4.78, 5) is 18.3. The maximum atomic E-state index is 11.4. The number of amides is 1. The van der Waals surface area contributed by atoms with Gasteiger partial charge in [-0.3, -0.25) is 4.79 Å². The number of pyridine rings is 1. The van der Waals surface area contributed by atoms with E-state index in [2.05, 4.69) is 35.1 Å². The van der Waals surface area contributed by atoms with Crippen LogP contribution in [0.15, 0.2) is 18.3 Å². The number of ether oxygens (including phenoxy) is 1. The first-order chi connectivity index (χ1) is 12.0. The van der Waals surface area contributed by atoms with Crippen molar-refractivity contribution < 1.29 is 9.53 Å². The molecule has 138 valence electrons. The Labute approximate surface area is 150 Å². The number of rotatable bonds is 5. The van der Waals surface area contributed by atoms with E-state index in [0.717, 1.165) is 51.1 Å². The molecule has 3 N–H and O–H groups in total. The minimum absolute atomic E-state index is 0.00625. The molecule has 0 aromatic carbocycles. The van der Waals surface area contributed by atoms with Gasteiger partial charge in [0.1, 0.15) is 5.82 Å². The van der Waals surface area contributed by atoms with Gasteiger partial charge in [0, 0.05) is 43.4 Å². The van der Waals surface area contributed by atoms with Crippen molar-refractivity contribution in [2.24, 2.45) is 11.7 Å². The number of nitrogens with one attached hydrogen (secondary N) is 1. The lowest BCUT2D eigenvalue weighted by Gasteiger charge is -2.34. The Balaban J connectivity index is 1.60. The quantitative estimate of drug-likeness (QED) is 0.850. The Morgan fingerprint density at radius 1 is 1.32 bits per heavy atom. The molecule has 0 saturated carbocycles. The minimum Gasteiger partial charge on any atom is -0.375 e. The minimum atomic E-state index is -0.176. The predicted molar refractivity (Wildman–Crippen MR) is 98.2 cm³/mol. The van der Waals surface area contributed by atoms with E-state index in [0.29, 0.717) is 18.2 Å². The Morgan fingerprint density at radius 3 is 2.64 bits per heavy atom. The number of aromatic nitrogens is 1. The van der Waals surface area contributed by atoms with Gasteiger partial charge in [-0.25, -0.2) is 4.98 Å². The van der Waals surface area contributed by atoms with Crippen LogP contribution >= 0.6 is 0 Å². The normalized spacial score (nSPS) is 28.1. The van der Waals surface area contributed by atoms with Gasteiger partial charge in [0.05, 0.1) is 12.2 Å². The van der Waals surface area contributed by atoms with Crippen molar-refractivity contribution in [1.29, 1.82) is 0 Å². The molecule has 2 saturated heterocycles. The first kappa shape index (κ1) is 18.1. The average molecular weight is 346 g/mol. The van der Waals surface area contributed by atoms with Gasteiger partial charge in [0.15, 0.2) is 0 Å². The number of carbonyl (C=O) groups excluding carboxylic acids is 1. The highest BCUT2D eigenvalue weighted by atomic mass is 16.5. The molecule has 2 aliphatic heterocycles. The summed E-state index contributed by atoms with van der Waals surface area (Å²) in [5, 5.41) is 3.68. The molecule has 0 bridgehead atoms. The maximum Gasteiger partial charge on any atom is 0.220 e. The highest BCUT2D eigenvalue weighted by Crippen LogP contribution is 2.25. The largest absolute Gasteiger partial charge is 0.375 e. The van der Waals surface area contributed by atoms with Crippen molar-refractivity contribution in [2.75, 3.05) is 18.0 Å². The monoisotopic (exact) mass is 346 g/mol. The SMILES string of the molecule is C[C@H]1CC(NCc2cccnc2N2CCC(C(N)=O)CC2)C[C@H](C)O1. The molecule has 1 aromatic heterocycles. The molecule has 6 heteroatoms. The molecule has 2 fully saturated rings. The Hall–Kier alpha value is -1.66. The third-order valence-electron chi connectivity index (χ3n) is 5.34. The number of hydrogen-bond acceptors (Lipinski definition) is 5. The van der Waals surface area contributed by atoms with Gasteiger partial charge in [0.25, 0.3) is 0 Å². The zero-order valence-corrected chi connectivity index (χ0v) is 15.3. The number of anilines is 1. The van der Waals surface area contributed by atoms with E-state index in [1.807, 2.05) is 12.3 Å². The Bertz CT molecular complexity index is 577. The zero-order valence-electron chi connectivity index (χ0n) is 15.3. The molecule has 0 spiro atoms. The fourth-order valence-electron chi connectivity index (χ4n) is 4.06. The molecule has 1 amide bonds. The summed E-state index contributed by atoms with van der Waals surface area (Å²) in [6, 6.07) is 4.61. The summed E-state index contributed by atoms with van der Waals surface area (Å²) < 4.78 is 5.82. The molecule has 1 aromatic rings. The molecule has 0 aliphatic carbocycles. The Kier molecular flexibility index (Phi) is 5.91. The van der Waals surface area contributed by atoms with Crippen LogP contribution in [0.3, 0.4) is 0 Å². The summed E-state index contributed by atoms with van der Waals surface area (Å²) in [6.45, 7) is 6.76. The van der Waals surface area contributed by atoms with Gasteiger partial charge in [0.2, 0.25) is 5.91 Å². The third-order valence-corrected chi connectivity index (χ3v) is 5.34. The van der Waals surface area contributed by atoms with Crippen LogP contribution in [0.25, 0.3) is 0 Å². The van der Waals surface area contributed by atoms with E-state index in [1.165, 1.54) is 5.56 Å². The van der Waals surface area contributed by atoms with Gasteiger partial charge in [-0.05, 0) is 45.6 Å². The fraction of sp³-hybridized carbons (Fsp3) is 0.684. The third kappa shape index (κ3) is 4.70. The van der Waals surface area contributed by atoms with E-state index >= 15 is 0 Å². The predicted octanol–water partition coefficient (Wildman–Crippen LogP) is 1.83. The molecular weight excluding hydrogens is 316 g/mol. The van der Waals surface area contributed by atoms with Crippen LogP contribution in [0, 0.1) is 5.92 Å². The van der Waals surface area contributed by atoms with Crippen LogP contribution in [0.5, 0.6) is 0 Å². The standard InChI is InChI=1S/C19H30N4O2/c1-13-10-17(11-14(2)25-13)22-12-16-4-3-7-21-19(16)23-8-5-15(6-9-23)18(20)24/h3-4,7,13-15,17,22H,5-6,8-12H2,1-2H3,(H2,20,24)/t13-,14-/m0/s1. The highest BCUT2D eigenvalue weighted by Gasteiger charge is 2.26. The zero-order chi connectivity index (χ0) is 17.8. The number of nitrogens with zero attached hydrogens (tertiary/aromatic N) is 2. The number of primary amides is 1. The summed E-state index contributed by atoms with van der Waals surface area (Å²) in [5.41, 5.74) is 6.66. The second-order valence-electron chi connectivity index (χ2n) is 7.46. The van der Waals surface area contributed by atoms with E-state index in [1.54, 1.807) is 0 Å². The first-order valence-electron chi connectivity index (χ1n) is 9.40. The molecular formula is C19H30N4O2. The molecule has 3 rings (SSSR count). The maximum absolute atomic E-state index is 11.4. The van der Waals surface area contributed by atoms with Crippen molar-refractivity contribution in [3.63, 3.8) is 0 Å². The van der Waals surface area contributed by atoms with Crippen molar-refractivity contribution >= 4 is 11.7 Å². The second-order valence-corrected chi connectivity index (χ2v) is 7.46. The van der Waals surface area contributed by atoms with Crippen molar-refractivity contribution in [1.82, 2.24) is 10.3 Å². The van der Waals surface area contributed by atoms with Crippen LogP contribution in [0.4, 0.5) is 5.82 Å². The van der Waals surface area contributed by atoms with Crippen LogP contribution in [-0.4, -0.2) is 42.2 Å². The van der Waals surface area contributed by atoms with Crippen LogP contribution < -0.4 is 16.0 Å². The molecule has 3 heterocycles. The average Bonchev–Trinajstić information content (AvgIpc) is 2.59. The Morgan fingerprint density at radius 2 is 2.00 bits per heavy atom. The lowest BCUT2D eigenvalue weighted by atomic mass is 9.96. The highest BCUT2D eigenvalue weighted by molar-refractivity contribution is 5.77. The molecule has 0 radical (unpaired) electrons. The number of carbonyl (C=O) groups is 1. The van der Waals surface area contributed by atoms with E-state index in [9.17, 15) is 4.79 Å². The van der Waals surface area contributed by atoms with E-state index in [-0.39, 0.29) is 11.8 Å². The molecule has 2 aliphatic rings. The van der Waals surface area contributed by atoms with Crippen LogP contribution in [0.1, 0.15) is 45.1 Å². The molecule has 0 unspecified atom stereocenters. The smallest absolute Gasteiger partial charge is 0.220 e. The van der Waals surface area contributed by atoms with Gasteiger partial charge >= 0.3 is 0 Å². The van der Waals surface area contributed by atoms with Crippen molar-refractivity contribution in [3.05, 3.63) is 23.9 Å². The van der Waals surface area contributed by atoms with E-state index < -0.39 is 0 Å². The van der Waals surface area contributed by atoms with Gasteiger partial charge in [-0.2, -0.15) is 0 Å². The molecule has 25 heavy (non-hydrogen) atoms. The summed E-state index contributed by atoms with van der Waals surface area (Å²) >= 11 is 0. The number of hydrogen-bond donors (Lipinski definition) is 2. The lowest BCUT2D eigenvalue weighted by Crippen LogP contribution is -2.42. The first-order valence-corrected chi connectivity index (χ1v) is 9.40. The molecule has 2 atom stereocenters. The van der Waals surface area contributed by atoms with Gasteiger partial charge in [-0.15, -0.1) is 0 Å². The summed E-state index contributed by atoms with van der Waals surface area (Å²) in [7, 11) is 0. The second kappa shape index (κ2) is 8.15. The van der Waals surface area contributed by atoms with Gasteiger partial charge < -0.3 is 20.7 Å². The van der Waals surface area contributed by atoms with Crippen LogP contribution in [0.2, 0.25) is 0 Å². The number of nitrogens with two attached hydrogens (primary N) is 1.